The first-order chi connectivity index (χ1) is 16.7. The molecule has 1 amide bonds. The van der Waals surface area contributed by atoms with E-state index in [1.54, 1.807) is 54.6 Å². The van der Waals surface area contributed by atoms with E-state index in [0.29, 0.717) is 5.56 Å². The minimum atomic E-state index is -4.56. The third-order valence-electron chi connectivity index (χ3n) is 5.19. The fraction of sp³-hybridized carbons (Fsp3) is 0.120. The SMILES string of the molecule is O=C(NCc1ccccc1)c1nn(-c2ccc(C(F)(F)F)cc2)c(=O)n(Cc2ccccc2)c1=O. The first-order valence-corrected chi connectivity index (χ1v) is 10.5. The largest absolute Gasteiger partial charge is 0.416 e. The van der Waals surface area contributed by atoms with Crippen LogP contribution in [0.5, 0.6) is 0 Å². The fourth-order valence-electron chi connectivity index (χ4n) is 3.38. The lowest BCUT2D eigenvalue weighted by Gasteiger charge is -2.13. The maximum absolute atomic E-state index is 13.1. The third-order valence-corrected chi connectivity index (χ3v) is 5.19. The molecule has 4 aromatic rings. The maximum atomic E-state index is 13.1. The number of carbonyl (C=O) groups excluding carboxylic acids is 1. The molecule has 0 bridgehead atoms. The number of hydrogen-bond acceptors (Lipinski definition) is 4. The van der Waals surface area contributed by atoms with Gasteiger partial charge in [-0.25, -0.2) is 4.79 Å². The molecule has 0 radical (unpaired) electrons. The molecule has 35 heavy (non-hydrogen) atoms. The zero-order valence-electron chi connectivity index (χ0n) is 18.2. The van der Waals surface area contributed by atoms with Crippen molar-refractivity contribution in [2.45, 2.75) is 19.3 Å². The molecule has 0 spiro atoms. The van der Waals surface area contributed by atoms with E-state index in [0.717, 1.165) is 39.1 Å². The molecule has 1 aromatic heterocycles. The van der Waals surface area contributed by atoms with Crippen LogP contribution in [0.4, 0.5) is 13.2 Å². The van der Waals surface area contributed by atoms with Gasteiger partial charge in [-0.3, -0.25) is 14.2 Å². The minimum Gasteiger partial charge on any atom is -0.346 e. The number of amides is 1. The highest BCUT2D eigenvalue weighted by atomic mass is 19.4. The highest BCUT2D eigenvalue weighted by molar-refractivity contribution is 5.91. The zero-order chi connectivity index (χ0) is 25.0. The summed E-state index contributed by atoms with van der Waals surface area (Å²) in [7, 11) is 0. The average Bonchev–Trinajstić information content (AvgIpc) is 2.86. The lowest BCUT2D eigenvalue weighted by atomic mass is 10.2. The fourth-order valence-corrected chi connectivity index (χ4v) is 3.38. The molecule has 4 rings (SSSR count). The van der Waals surface area contributed by atoms with Crippen molar-refractivity contribution in [3.8, 4) is 5.69 Å². The van der Waals surface area contributed by atoms with Gasteiger partial charge in [0.2, 0.25) is 5.69 Å². The average molecular weight is 480 g/mol. The Kier molecular flexibility index (Phi) is 6.63. The monoisotopic (exact) mass is 480 g/mol. The van der Waals surface area contributed by atoms with Gasteiger partial charge in [0.05, 0.1) is 17.8 Å². The van der Waals surface area contributed by atoms with Crippen molar-refractivity contribution < 1.29 is 18.0 Å². The highest BCUT2D eigenvalue weighted by Gasteiger charge is 2.30. The molecule has 0 aliphatic carbocycles. The molecule has 3 aromatic carbocycles. The van der Waals surface area contributed by atoms with Crippen LogP contribution in [0.15, 0.2) is 94.5 Å². The van der Waals surface area contributed by atoms with Crippen LogP contribution in [0, 0.1) is 0 Å². The first kappa shape index (κ1) is 23.7. The summed E-state index contributed by atoms with van der Waals surface area (Å²) in [5.41, 5.74) is -1.90. The molecule has 1 N–H and O–H groups in total. The van der Waals surface area contributed by atoms with Crippen molar-refractivity contribution in [2.24, 2.45) is 0 Å². The molecule has 0 unspecified atom stereocenters. The number of rotatable bonds is 6. The van der Waals surface area contributed by atoms with Crippen LogP contribution in [0.1, 0.15) is 27.2 Å². The van der Waals surface area contributed by atoms with Gasteiger partial charge in [-0.05, 0) is 35.4 Å². The number of aromatic nitrogens is 3. The summed E-state index contributed by atoms with van der Waals surface area (Å²) in [6.45, 7) is -0.0422. The van der Waals surface area contributed by atoms with Crippen LogP contribution in [0.25, 0.3) is 5.69 Å². The van der Waals surface area contributed by atoms with Crippen LogP contribution < -0.4 is 16.6 Å². The van der Waals surface area contributed by atoms with E-state index in [1.165, 1.54) is 0 Å². The number of halogens is 3. The van der Waals surface area contributed by atoms with E-state index in [2.05, 4.69) is 10.4 Å². The predicted octanol–water partition coefficient (Wildman–Crippen LogP) is 3.39. The molecular formula is C25H19F3N4O3. The summed E-state index contributed by atoms with van der Waals surface area (Å²) in [6.07, 6.45) is -4.56. The minimum absolute atomic E-state index is 0.0260. The Morgan fingerprint density at radius 1 is 0.829 bits per heavy atom. The van der Waals surface area contributed by atoms with E-state index in [-0.39, 0.29) is 18.8 Å². The molecule has 7 nitrogen and oxygen atoms in total. The van der Waals surface area contributed by atoms with Crippen LogP contribution >= 0.6 is 0 Å². The molecule has 10 heteroatoms. The van der Waals surface area contributed by atoms with E-state index in [9.17, 15) is 27.6 Å². The summed E-state index contributed by atoms with van der Waals surface area (Å²) in [4.78, 5) is 39.1. The maximum Gasteiger partial charge on any atom is 0.416 e. The topological polar surface area (TPSA) is 86.0 Å². The number of nitrogens with one attached hydrogen (secondary N) is 1. The van der Waals surface area contributed by atoms with Crippen molar-refractivity contribution >= 4 is 5.91 Å². The van der Waals surface area contributed by atoms with Crippen molar-refractivity contribution in [1.82, 2.24) is 19.7 Å². The molecular weight excluding hydrogens is 461 g/mol. The Morgan fingerprint density at radius 3 is 1.97 bits per heavy atom. The first-order valence-electron chi connectivity index (χ1n) is 10.5. The van der Waals surface area contributed by atoms with Gasteiger partial charge in [0.15, 0.2) is 0 Å². The van der Waals surface area contributed by atoms with E-state index in [1.807, 2.05) is 6.07 Å². The Bertz CT molecular complexity index is 1450. The normalized spacial score (nSPS) is 11.3. The number of alkyl halides is 3. The molecule has 0 saturated heterocycles. The summed E-state index contributed by atoms with van der Waals surface area (Å²) < 4.78 is 40.5. The van der Waals surface area contributed by atoms with Crippen LogP contribution in [0.3, 0.4) is 0 Å². The van der Waals surface area contributed by atoms with Gasteiger partial charge >= 0.3 is 11.9 Å². The summed E-state index contributed by atoms with van der Waals surface area (Å²) in [5.74, 6) is -0.818. The van der Waals surface area contributed by atoms with Crippen molar-refractivity contribution in [2.75, 3.05) is 0 Å². The van der Waals surface area contributed by atoms with Gasteiger partial charge in [0.1, 0.15) is 0 Å². The van der Waals surface area contributed by atoms with Gasteiger partial charge in [0, 0.05) is 6.54 Å². The van der Waals surface area contributed by atoms with E-state index < -0.39 is 34.6 Å². The predicted molar refractivity (Wildman–Crippen MR) is 122 cm³/mol. The summed E-state index contributed by atoms with van der Waals surface area (Å²) >= 11 is 0. The summed E-state index contributed by atoms with van der Waals surface area (Å²) in [6, 6.07) is 21.3. The Labute approximate surface area is 197 Å². The smallest absolute Gasteiger partial charge is 0.346 e. The van der Waals surface area contributed by atoms with Gasteiger partial charge < -0.3 is 5.32 Å². The van der Waals surface area contributed by atoms with Crippen molar-refractivity contribution in [3.05, 3.63) is 128 Å². The van der Waals surface area contributed by atoms with Crippen LogP contribution in [-0.2, 0) is 19.3 Å². The van der Waals surface area contributed by atoms with Crippen molar-refractivity contribution in [1.29, 1.82) is 0 Å². The molecule has 0 aliphatic rings. The zero-order valence-corrected chi connectivity index (χ0v) is 18.2. The molecule has 0 fully saturated rings. The number of hydrogen-bond donors (Lipinski definition) is 1. The second-order valence-corrected chi connectivity index (χ2v) is 7.63. The van der Waals surface area contributed by atoms with Gasteiger partial charge in [-0.15, -0.1) is 0 Å². The Hall–Kier alpha value is -4.47. The molecule has 0 atom stereocenters. The van der Waals surface area contributed by atoms with Gasteiger partial charge in [-0.2, -0.15) is 23.0 Å². The Morgan fingerprint density at radius 2 is 1.40 bits per heavy atom. The lowest BCUT2D eigenvalue weighted by Crippen LogP contribution is -2.46. The summed E-state index contributed by atoms with van der Waals surface area (Å²) in [5, 5.41) is 6.52. The highest BCUT2D eigenvalue weighted by Crippen LogP contribution is 2.29. The van der Waals surface area contributed by atoms with Gasteiger partial charge in [0.25, 0.3) is 11.5 Å². The van der Waals surface area contributed by atoms with E-state index in [4.69, 9.17) is 0 Å². The quantitative estimate of drug-likeness (QED) is 0.459. The molecule has 178 valence electrons. The number of benzene rings is 3. The van der Waals surface area contributed by atoms with E-state index >= 15 is 0 Å². The second-order valence-electron chi connectivity index (χ2n) is 7.63. The Balaban J connectivity index is 1.78. The number of nitrogens with zero attached hydrogens (tertiary/aromatic N) is 3. The standard InChI is InChI=1S/C25H19F3N4O3/c26-25(27,28)19-11-13-20(14-12-19)32-24(35)31(16-18-9-5-2-6-10-18)23(34)21(30-32)22(33)29-15-17-7-3-1-4-8-17/h1-14H,15-16H2,(H,29,33). The number of carbonyl (C=O) groups is 1. The molecule has 1 heterocycles. The third kappa shape index (κ3) is 5.37. The van der Waals surface area contributed by atoms with Crippen LogP contribution in [0.2, 0.25) is 0 Å². The van der Waals surface area contributed by atoms with Crippen LogP contribution in [-0.4, -0.2) is 20.3 Å². The lowest BCUT2D eigenvalue weighted by molar-refractivity contribution is -0.137. The second kappa shape index (κ2) is 9.80. The molecule has 0 saturated carbocycles. The molecule has 0 aliphatic heterocycles. The van der Waals surface area contributed by atoms with Gasteiger partial charge in [-0.1, -0.05) is 60.7 Å². The van der Waals surface area contributed by atoms with Crippen molar-refractivity contribution in [3.63, 3.8) is 0 Å².